The third-order valence-corrected chi connectivity index (χ3v) is 2.48. The number of benzene rings is 2. The fourth-order valence-electron chi connectivity index (χ4n) is 1.72. The smallest absolute Gasteiger partial charge is 0.137 e. The number of hydrogen-bond acceptors (Lipinski definition) is 3. The van der Waals surface area contributed by atoms with Gasteiger partial charge in [-0.3, -0.25) is 0 Å². The van der Waals surface area contributed by atoms with Crippen LogP contribution in [0.1, 0.15) is 11.1 Å². The SMILES string of the molecule is COc1ccc2c(C#N)cccc2c1C#N. The Labute approximate surface area is 93.1 Å². The van der Waals surface area contributed by atoms with Crippen LogP contribution in [-0.4, -0.2) is 7.11 Å². The zero-order valence-electron chi connectivity index (χ0n) is 8.69. The van der Waals surface area contributed by atoms with Gasteiger partial charge in [-0.15, -0.1) is 0 Å². The standard InChI is InChI=1S/C13H8N2O/c1-16-13-6-5-10-9(7-14)3-2-4-11(10)12(13)8-15/h2-6H,1H3. The Kier molecular flexibility index (Phi) is 2.45. The minimum atomic E-state index is 0.470. The molecule has 0 aliphatic carbocycles. The maximum absolute atomic E-state index is 9.10. The van der Waals surface area contributed by atoms with Crippen LogP contribution in [-0.2, 0) is 0 Å². The van der Waals surface area contributed by atoms with Crippen LogP contribution in [0.5, 0.6) is 5.75 Å². The summed E-state index contributed by atoms with van der Waals surface area (Å²) >= 11 is 0. The third-order valence-electron chi connectivity index (χ3n) is 2.48. The van der Waals surface area contributed by atoms with E-state index in [4.69, 9.17) is 15.3 Å². The molecular weight excluding hydrogens is 200 g/mol. The molecule has 0 saturated heterocycles. The average molecular weight is 208 g/mol. The largest absolute Gasteiger partial charge is 0.495 e. The highest BCUT2D eigenvalue weighted by molar-refractivity contribution is 5.93. The first-order valence-electron chi connectivity index (χ1n) is 4.71. The average Bonchev–Trinajstić information content (AvgIpc) is 2.36. The van der Waals surface area contributed by atoms with Crippen molar-refractivity contribution in [3.05, 3.63) is 41.5 Å². The van der Waals surface area contributed by atoms with Crippen LogP contribution in [0.3, 0.4) is 0 Å². The third kappa shape index (κ3) is 1.36. The van der Waals surface area contributed by atoms with Crippen molar-refractivity contribution in [3.8, 4) is 17.9 Å². The van der Waals surface area contributed by atoms with Gasteiger partial charge in [-0.05, 0) is 18.2 Å². The Bertz CT molecular complexity index is 633. The molecule has 0 amide bonds. The minimum Gasteiger partial charge on any atom is -0.495 e. The summed E-state index contributed by atoms with van der Waals surface area (Å²) < 4.78 is 5.11. The number of hydrogen-bond donors (Lipinski definition) is 0. The molecular formula is C13H8N2O. The van der Waals surface area contributed by atoms with Crippen LogP contribution in [0.2, 0.25) is 0 Å². The van der Waals surface area contributed by atoms with Crippen LogP contribution in [0.4, 0.5) is 0 Å². The molecule has 0 radical (unpaired) electrons. The summed E-state index contributed by atoms with van der Waals surface area (Å²) in [5.74, 6) is 0.532. The van der Waals surface area contributed by atoms with Gasteiger partial charge < -0.3 is 4.74 Å². The first kappa shape index (κ1) is 10.0. The van der Waals surface area contributed by atoms with Gasteiger partial charge in [-0.25, -0.2) is 0 Å². The molecule has 0 N–H and O–H groups in total. The van der Waals surface area contributed by atoms with Gasteiger partial charge in [-0.2, -0.15) is 10.5 Å². The quantitative estimate of drug-likeness (QED) is 0.723. The highest BCUT2D eigenvalue weighted by Gasteiger charge is 2.09. The maximum Gasteiger partial charge on any atom is 0.137 e. The Morgan fingerprint density at radius 2 is 1.81 bits per heavy atom. The predicted octanol–water partition coefficient (Wildman–Crippen LogP) is 2.59. The first-order chi connectivity index (χ1) is 7.81. The number of ether oxygens (including phenoxy) is 1. The number of nitrogens with zero attached hydrogens (tertiary/aromatic N) is 2. The number of nitriles is 2. The normalized spacial score (nSPS) is 9.44. The molecule has 0 fully saturated rings. The van der Waals surface area contributed by atoms with Crippen molar-refractivity contribution >= 4 is 10.8 Å². The van der Waals surface area contributed by atoms with Crippen LogP contribution in [0.15, 0.2) is 30.3 Å². The summed E-state index contributed by atoms with van der Waals surface area (Å²) in [5, 5.41) is 19.6. The zero-order valence-corrected chi connectivity index (χ0v) is 8.69. The Balaban J connectivity index is 2.92. The van der Waals surface area contributed by atoms with E-state index in [0.29, 0.717) is 16.9 Å². The lowest BCUT2D eigenvalue weighted by molar-refractivity contribution is 0.414. The fourth-order valence-corrected chi connectivity index (χ4v) is 1.72. The molecule has 0 spiro atoms. The lowest BCUT2D eigenvalue weighted by Crippen LogP contribution is -1.90. The van der Waals surface area contributed by atoms with Gasteiger partial charge in [0.15, 0.2) is 0 Å². The van der Waals surface area contributed by atoms with E-state index in [1.54, 1.807) is 24.3 Å². The second-order valence-corrected chi connectivity index (χ2v) is 3.27. The number of methoxy groups -OCH3 is 1. The summed E-state index contributed by atoms with van der Waals surface area (Å²) in [6, 6.07) is 13.0. The van der Waals surface area contributed by atoms with Crippen molar-refractivity contribution in [2.75, 3.05) is 7.11 Å². The summed E-state index contributed by atoms with van der Waals surface area (Å²) in [4.78, 5) is 0. The van der Waals surface area contributed by atoms with Gasteiger partial charge in [0.1, 0.15) is 17.4 Å². The van der Waals surface area contributed by atoms with Gasteiger partial charge in [0.2, 0.25) is 0 Å². The van der Waals surface area contributed by atoms with Crippen LogP contribution in [0, 0.1) is 22.7 Å². The Hall–Kier alpha value is -2.52. The van der Waals surface area contributed by atoms with Crippen molar-refractivity contribution in [1.82, 2.24) is 0 Å². The van der Waals surface area contributed by atoms with Crippen molar-refractivity contribution in [2.24, 2.45) is 0 Å². The van der Waals surface area contributed by atoms with Crippen LogP contribution >= 0.6 is 0 Å². The zero-order chi connectivity index (χ0) is 11.5. The second-order valence-electron chi connectivity index (χ2n) is 3.27. The molecule has 0 atom stereocenters. The van der Waals surface area contributed by atoms with Gasteiger partial charge in [0.25, 0.3) is 0 Å². The maximum atomic E-state index is 9.10. The summed E-state index contributed by atoms with van der Waals surface area (Å²) in [6.45, 7) is 0. The molecule has 0 aliphatic rings. The molecule has 2 aromatic rings. The van der Waals surface area contributed by atoms with E-state index in [1.165, 1.54) is 7.11 Å². The molecule has 3 nitrogen and oxygen atoms in total. The molecule has 0 aliphatic heterocycles. The molecule has 2 rings (SSSR count). The minimum absolute atomic E-state index is 0.470. The van der Waals surface area contributed by atoms with Crippen molar-refractivity contribution in [3.63, 3.8) is 0 Å². The van der Waals surface area contributed by atoms with Gasteiger partial charge >= 0.3 is 0 Å². The van der Waals surface area contributed by atoms with Crippen molar-refractivity contribution < 1.29 is 4.74 Å². The van der Waals surface area contributed by atoms with E-state index < -0.39 is 0 Å². The van der Waals surface area contributed by atoms with Crippen molar-refractivity contribution in [2.45, 2.75) is 0 Å². The molecule has 3 heteroatoms. The molecule has 0 unspecified atom stereocenters. The number of fused-ring (bicyclic) bond motifs is 1. The van der Waals surface area contributed by atoms with E-state index in [0.717, 1.165) is 10.8 Å². The molecule has 2 aromatic carbocycles. The molecule has 76 valence electrons. The summed E-state index contributed by atoms with van der Waals surface area (Å²) in [6.07, 6.45) is 0. The first-order valence-corrected chi connectivity index (χ1v) is 4.71. The molecule has 0 bridgehead atoms. The predicted molar refractivity (Wildman–Crippen MR) is 59.9 cm³/mol. The van der Waals surface area contributed by atoms with Crippen LogP contribution < -0.4 is 4.74 Å². The van der Waals surface area contributed by atoms with Crippen molar-refractivity contribution in [1.29, 1.82) is 10.5 Å². The Morgan fingerprint density at radius 3 is 2.44 bits per heavy atom. The van der Waals surface area contributed by atoms with Gasteiger partial charge in [-0.1, -0.05) is 12.1 Å². The lowest BCUT2D eigenvalue weighted by Gasteiger charge is -2.06. The monoisotopic (exact) mass is 208 g/mol. The highest BCUT2D eigenvalue weighted by atomic mass is 16.5. The van der Waals surface area contributed by atoms with E-state index >= 15 is 0 Å². The topological polar surface area (TPSA) is 56.8 Å². The van der Waals surface area contributed by atoms with E-state index in [1.807, 2.05) is 6.07 Å². The molecule has 16 heavy (non-hydrogen) atoms. The number of rotatable bonds is 1. The molecule has 0 saturated carbocycles. The van der Waals surface area contributed by atoms with Gasteiger partial charge in [0.05, 0.1) is 18.7 Å². The van der Waals surface area contributed by atoms with E-state index in [9.17, 15) is 0 Å². The molecule has 0 heterocycles. The second kappa shape index (κ2) is 3.92. The van der Waals surface area contributed by atoms with Crippen LogP contribution in [0.25, 0.3) is 10.8 Å². The summed E-state index contributed by atoms with van der Waals surface area (Å²) in [5.41, 5.74) is 1.04. The molecule has 0 aromatic heterocycles. The van der Waals surface area contributed by atoms with E-state index in [-0.39, 0.29) is 0 Å². The highest BCUT2D eigenvalue weighted by Crippen LogP contribution is 2.28. The summed E-state index contributed by atoms with van der Waals surface area (Å²) in [7, 11) is 1.52. The lowest BCUT2D eigenvalue weighted by atomic mass is 10.0. The fraction of sp³-hybridized carbons (Fsp3) is 0.0769. The van der Waals surface area contributed by atoms with Gasteiger partial charge in [0, 0.05) is 10.8 Å². The van der Waals surface area contributed by atoms with E-state index in [2.05, 4.69) is 12.1 Å². The Morgan fingerprint density at radius 1 is 1.00 bits per heavy atom.